The van der Waals surface area contributed by atoms with E-state index in [0.717, 1.165) is 16.5 Å². The maximum absolute atomic E-state index is 12.6. The number of aromatic nitrogens is 1. The summed E-state index contributed by atoms with van der Waals surface area (Å²) in [5.74, 6) is -1.12. The number of benzene rings is 2. The van der Waals surface area contributed by atoms with Crippen LogP contribution in [0.25, 0.3) is 10.9 Å². The minimum absolute atomic E-state index is 0.182. The Morgan fingerprint density at radius 1 is 1.15 bits per heavy atom. The molecule has 0 spiro atoms. The van der Waals surface area contributed by atoms with E-state index in [4.69, 9.17) is 4.74 Å². The Morgan fingerprint density at radius 2 is 1.88 bits per heavy atom. The van der Waals surface area contributed by atoms with Gasteiger partial charge in [0.05, 0.1) is 12.2 Å². The van der Waals surface area contributed by atoms with Crippen LogP contribution in [0.15, 0.2) is 54.7 Å². The van der Waals surface area contributed by atoms with Crippen LogP contribution in [0, 0.1) is 0 Å². The van der Waals surface area contributed by atoms with Crippen molar-refractivity contribution >= 4 is 22.8 Å². The molecule has 0 aliphatic carbocycles. The zero-order valence-electron chi connectivity index (χ0n) is 14.4. The molecule has 26 heavy (non-hydrogen) atoms. The third-order valence-corrected chi connectivity index (χ3v) is 4.13. The fraction of sp³-hybridized carbons (Fsp3) is 0.200. The molecule has 3 N–H and O–H groups in total. The Hall–Kier alpha value is -3.28. The predicted octanol–water partition coefficient (Wildman–Crippen LogP) is 2.99. The van der Waals surface area contributed by atoms with Crippen molar-refractivity contribution < 1.29 is 19.4 Å². The normalized spacial score (nSPS) is 11.9. The van der Waals surface area contributed by atoms with Crippen LogP contribution in [0.5, 0.6) is 5.75 Å². The molecule has 0 bridgehead atoms. The summed E-state index contributed by atoms with van der Waals surface area (Å²) in [5, 5.41) is 13.1. The first-order valence-electron chi connectivity index (χ1n) is 8.40. The summed E-state index contributed by atoms with van der Waals surface area (Å²) in [6.45, 7) is 2.24. The number of carbonyl (C=O) groups is 2. The van der Waals surface area contributed by atoms with Gasteiger partial charge in [-0.05, 0) is 30.7 Å². The summed E-state index contributed by atoms with van der Waals surface area (Å²) >= 11 is 0. The van der Waals surface area contributed by atoms with E-state index in [9.17, 15) is 14.7 Å². The number of rotatable bonds is 7. The van der Waals surface area contributed by atoms with Crippen molar-refractivity contribution in [1.29, 1.82) is 0 Å². The van der Waals surface area contributed by atoms with Crippen LogP contribution < -0.4 is 10.1 Å². The molecule has 6 heteroatoms. The lowest BCUT2D eigenvalue weighted by atomic mass is 10.0. The third-order valence-electron chi connectivity index (χ3n) is 4.13. The lowest BCUT2D eigenvalue weighted by Gasteiger charge is -2.16. The second kappa shape index (κ2) is 7.74. The summed E-state index contributed by atoms with van der Waals surface area (Å²) in [7, 11) is 0. The summed E-state index contributed by atoms with van der Waals surface area (Å²) in [6.07, 6.45) is 1.96. The van der Waals surface area contributed by atoms with Gasteiger partial charge < -0.3 is 20.1 Å². The molecule has 0 saturated heterocycles. The van der Waals surface area contributed by atoms with Gasteiger partial charge in [-0.15, -0.1) is 0 Å². The molecule has 0 radical (unpaired) electrons. The highest BCUT2D eigenvalue weighted by atomic mass is 16.5. The molecule has 3 rings (SSSR count). The molecule has 1 atom stereocenters. The lowest BCUT2D eigenvalue weighted by molar-refractivity contribution is -0.139. The zero-order valence-corrected chi connectivity index (χ0v) is 14.4. The fourth-order valence-electron chi connectivity index (χ4n) is 2.89. The van der Waals surface area contributed by atoms with Crippen LogP contribution in [-0.2, 0) is 11.2 Å². The number of hydrogen-bond donors (Lipinski definition) is 3. The minimum Gasteiger partial charge on any atom is -0.493 e. The summed E-state index contributed by atoms with van der Waals surface area (Å²) in [5.41, 5.74) is 2.09. The van der Waals surface area contributed by atoms with Crippen LogP contribution in [0.3, 0.4) is 0 Å². The molecular formula is C20H20N2O4. The van der Waals surface area contributed by atoms with Gasteiger partial charge in [0.1, 0.15) is 11.8 Å². The standard InChI is InChI=1S/C20H20N2O4/c1-2-26-18-10-6-4-8-15(18)19(23)22-17(20(24)25)11-13-12-21-16-9-5-3-7-14(13)16/h3-10,12,17,21H,2,11H2,1H3,(H,22,23)(H,24,25). The van der Waals surface area contributed by atoms with Crippen molar-refractivity contribution in [3.8, 4) is 5.75 Å². The van der Waals surface area contributed by atoms with E-state index < -0.39 is 17.9 Å². The molecule has 2 aromatic carbocycles. The molecule has 6 nitrogen and oxygen atoms in total. The maximum Gasteiger partial charge on any atom is 0.326 e. The van der Waals surface area contributed by atoms with Crippen molar-refractivity contribution in [2.45, 2.75) is 19.4 Å². The molecule has 1 unspecified atom stereocenters. The number of para-hydroxylation sites is 2. The number of aliphatic carboxylic acids is 1. The highest BCUT2D eigenvalue weighted by Gasteiger charge is 2.23. The lowest BCUT2D eigenvalue weighted by Crippen LogP contribution is -2.42. The van der Waals surface area contributed by atoms with E-state index in [1.165, 1.54) is 0 Å². The Kier molecular flexibility index (Phi) is 5.22. The molecule has 134 valence electrons. The monoisotopic (exact) mass is 352 g/mol. The summed E-state index contributed by atoms with van der Waals surface area (Å²) in [4.78, 5) is 27.4. The molecule has 3 aromatic rings. The van der Waals surface area contributed by atoms with Gasteiger partial charge >= 0.3 is 5.97 Å². The van der Waals surface area contributed by atoms with Crippen LogP contribution >= 0.6 is 0 Å². The van der Waals surface area contributed by atoms with Crippen LogP contribution in [-0.4, -0.2) is 34.6 Å². The van der Waals surface area contributed by atoms with Crippen molar-refractivity contribution in [3.05, 3.63) is 65.9 Å². The van der Waals surface area contributed by atoms with E-state index in [1.54, 1.807) is 30.5 Å². The van der Waals surface area contributed by atoms with Crippen molar-refractivity contribution in [2.75, 3.05) is 6.61 Å². The second-order valence-electron chi connectivity index (χ2n) is 5.86. The van der Waals surface area contributed by atoms with Gasteiger partial charge in [0, 0.05) is 23.5 Å². The van der Waals surface area contributed by atoms with Gasteiger partial charge in [0.15, 0.2) is 0 Å². The highest BCUT2D eigenvalue weighted by molar-refractivity contribution is 5.99. The van der Waals surface area contributed by atoms with Gasteiger partial charge in [0.2, 0.25) is 0 Å². The molecule has 0 fully saturated rings. The molecule has 1 heterocycles. The van der Waals surface area contributed by atoms with Gasteiger partial charge in [-0.1, -0.05) is 30.3 Å². The number of amides is 1. The molecule has 1 amide bonds. The van der Waals surface area contributed by atoms with E-state index in [0.29, 0.717) is 17.9 Å². The molecule has 0 aliphatic heterocycles. The van der Waals surface area contributed by atoms with Crippen LogP contribution in [0.1, 0.15) is 22.8 Å². The SMILES string of the molecule is CCOc1ccccc1C(=O)NC(Cc1c[nH]c2ccccc12)C(=O)O. The maximum atomic E-state index is 12.6. The topological polar surface area (TPSA) is 91.4 Å². The number of carboxylic acids is 1. The number of nitrogens with one attached hydrogen (secondary N) is 2. The molecular weight excluding hydrogens is 332 g/mol. The fourth-order valence-corrected chi connectivity index (χ4v) is 2.89. The van der Waals surface area contributed by atoms with Crippen LogP contribution in [0.4, 0.5) is 0 Å². The molecule has 0 saturated carbocycles. The number of carboxylic acid groups (broad SMARTS) is 1. The van der Waals surface area contributed by atoms with Gasteiger partial charge in [0.25, 0.3) is 5.91 Å². The smallest absolute Gasteiger partial charge is 0.326 e. The third kappa shape index (κ3) is 3.69. The first-order chi connectivity index (χ1) is 12.6. The Morgan fingerprint density at radius 3 is 2.65 bits per heavy atom. The average Bonchev–Trinajstić information content (AvgIpc) is 3.05. The van der Waals surface area contributed by atoms with Crippen molar-refractivity contribution in [2.24, 2.45) is 0 Å². The Labute approximate surface area is 150 Å². The van der Waals surface area contributed by atoms with Gasteiger partial charge in [-0.25, -0.2) is 4.79 Å². The van der Waals surface area contributed by atoms with Crippen LogP contribution in [0.2, 0.25) is 0 Å². The Balaban J connectivity index is 1.81. The van der Waals surface area contributed by atoms with E-state index in [1.807, 2.05) is 31.2 Å². The van der Waals surface area contributed by atoms with Gasteiger partial charge in [-0.3, -0.25) is 4.79 Å². The number of H-pyrrole nitrogens is 1. The summed E-state index contributed by atoms with van der Waals surface area (Å²) in [6, 6.07) is 13.4. The number of ether oxygens (including phenoxy) is 1. The average molecular weight is 352 g/mol. The first-order valence-corrected chi connectivity index (χ1v) is 8.40. The number of hydrogen-bond acceptors (Lipinski definition) is 3. The number of carbonyl (C=O) groups excluding carboxylic acids is 1. The molecule has 1 aromatic heterocycles. The van der Waals surface area contributed by atoms with Crippen molar-refractivity contribution in [3.63, 3.8) is 0 Å². The molecule has 0 aliphatic rings. The highest BCUT2D eigenvalue weighted by Crippen LogP contribution is 2.21. The zero-order chi connectivity index (χ0) is 18.5. The van der Waals surface area contributed by atoms with Gasteiger partial charge in [-0.2, -0.15) is 0 Å². The Bertz CT molecular complexity index is 932. The predicted molar refractivity (Wildman–Crippen MR) is 98.5 cm³/mol. The first kappa shape index (κ1) is 17.5. The van der Waals surface area contributed by atoms with E-state index in [-0.39, 0.29) is 6.42 Å². The summed E-state index contributed by atoms with van der Waals surface area (Å²) < 4.78 is 5.45. The number of aromatic amines is 1. The minimum atomic E-state index is -1.09. The van der Waals surface area contributed by atoms with E-state index >= 15 is 0 Å². The van der Waals surface area contributed by atoms with E-state index in [2.05, 4.69) is 10.3 Å². The largest absolute Gasteiger partial charge is 0.493 e. The quantitative estimate of drug-likeness (QED) is 0.610. The second-order valence-corrected chi connectivity index (χ2v) is 5.86. The number of fused-ring (bicyclic) bond motifs is 1. The van der Waals surface area contributed by atoms with Crippen molar-refractivity contribution in [1.82, 2.24) is 10.3 Å².